The van der Waals surface area contributed by atoms with Gasteiger partial charge < -0.3 is 20.7 Å². The van der Waals surface area contributed by atoms with Crippen molar-refractivity contribution < 1.29 is 19.1 Å². The van der Waals surface area contributed by atoms with Crippen LogP contribution in [0.15, 0.2) is 108 Å². The highest BCUT2D eigenvalue weighted by Gasteiger charge is 2.19. The molecule has 0 saturated carbocycles. The molecule has 3 N–H and O–H groups in total. The number of ether oxygens (including phenoxy) is 1. The van der Waals surface area contributed by atoms with Crippen LogP contribution >= 0.6 is 23.1 Å². The summed E-state index contributed by atoms with van der Waals surface area (Å²) in [6, 6.07) is 29.5. The monoisotopic (exact) mass is 664 g/mol. The molecule has 4 aromatic carbocycles. The molecule has 0 aliphatic rings. The Morgan fingerprint density at radius 1 is 0.894 bits per heavy atom. The molecule has 0 spiro atoms. The second kappa shape index (κ2) is 15.6. The molecular weight excluding hydrogens is 629 g/mol. The molecule has 5 rings (SSSR count). The molecule has 0 bridgehead atoms. The van der Waals surface area contributed by atoms with E-state index >= 15 is 0 Å². The number of amides is 3. The van der Waals surface area contributed by atoms with Crippen molar-refractivity contribution in [2.75, 3.05) is 17.2 Å². The largest absolute Gasteiger partial charge is 0.494 e. The molecule has 8 nitrogen and oxygen atoms in total. The van der Waals surface area contributed by atoms with Crippen molar-refractivity contribution in [3.63, 3.8) is 0 Å². The van der Waals surface area contributed by atoms with Gasteiger partial charge in [-0.1, -0.05) is 73.7 Å². The summed E-state index contributed by atoms with van der Waals surface area (Å²) in [7, 11) is 0. The van der Waals surface area contributed by atoms with Crippen LogP contribution in [0.4, 0.5) is 10.8 Å². The van der Waals surface area contributed by atoms with Crippen LogP contribution in [0.5, 0.6) is 5.75 Å². The number of nitrogens with zero attached hydrogens (tertiary/aromatic N) is 1. The van der Waals surface area contributed by atoms with E-state index in [1.165, 1.54) is 28.7 Å². The molecule has 0 fully saturated rings. The molecule has 1 heterocycles. The zero-order valence-corrected chi connectivity index (χ0v) is 28.2. The van der Waals surface area contributed by atoms with Gasteiger partial charge in [0.25, 0.3) is 11.8 Å². The Morgan fingerprint density at radius 2 is 1.66 bits per heavy atom. The molecule has 0 aliphatic carbocycles. The normalized spacial score (nSPS) is 12.1. The third-order valence-electron chi connectivity index (χ3n) is 7.12. The van der Waals surface area contributed by atoms with E-state index < -0.39 is 17.1 Å². The van der Waals surface area contributed by atoms with E-state index in [4.69, 9.17) is 4.74 Å². The second-order valence-electron chi connectivity index (χ2n) is 11.0. The minimum Gasteiger partial charge on any atom is -0.494 e. The van der Waals surface area contributed by atoms with Gasteiger partial charge in [0.05, 0.1) is 22.1 Å². The average molecular weight is 665 g/mol. The second-order valence-corrected chi connectivity index (χ2v) is 13.5. The lowest BCUT2D eigenvalue weighted by atomic mass is 10.0. The topological polar surface area (TPSA) is 109 Å². The molecule has 1 atom stereocenters. The van der Waals surface area contributed by atoms with Crippen molar-refractivity contribution in [1.82, 2.24) is 10.3 Å². The zero-order chi connectivity index (χ0) is 33.3. The summed E-state index contributed by atoms with van der Waals surface area (Å²) in [6.07, 6.45) is 1.66. The maximum atomic E-state index is 13.6. The third-order valence-corrected chi connectivity index (χ3v) is 9.15. The SMILES string of the molecule is CCOc1ccc2nc(NC(=O)C(C)Sc3cccc(NC(=O)/C(=C\c4ccc(C(C)C)cc4)NC(=O)c4ccccc4)c3)sc2c1. The van der Waals surface area contributed by atoms with Crippen molar-refractivity contribution in [3.8, 4) is 5.75 Å². The smallest absolute Gasteiger partial charge is 0.272 e. The summed E-state index contributed by atoms with van der Waals surface area (Å²) in [5.74, 6) is 0.0791. The lowest BCUT2D eigenvalue weighted by Gasteiger charge is -2.14. The van der Waals surface area contributed by atoms with E-state index in [9.17, 15) is 14.4 Å². The van der Waals surface area contributed by atoms with Crippen LogP contribution in [-0.4, -0.2) is 34.6 Å². The third kappa shape index (κ3) is 9.08. The van der Waals surface area contributed by atoms with Gasteiger partial charge in [0.15, 0.2) is 5.13 Å². The van der Waals surface area contributed by atoms with Gasteiger partial charge in [-0.3, -0.25) is 14.4 Å². The Hall–Kier alpha value is -4.93. The Morgan fingerprint density at radius 3 is 2.38 bits per heavy atom. The summed E-state index contributed by atoms with van der Waals surface area (Å²) < 4.78 is 6.50. The summed E-state index contributed by atoms with van der Waals surface area (Å²) in [5.41, 5.74) is 3.81. The molecule has 0 saturated heterocycles. The highest BCUT2D eigenvalue weighted by Crippen LogP contribution is 2.31. The zero-order valence-electron chi connectivity index (χ0n) is 26.6. The number of thiazole rings is 1. The first-order valence-electron chi connectivity index (χ1n) is 15.3. The van der Waals surface area contributed by atoms with E-state index in [-0.39, 0.29) is 11.6 Å². The van der Waals surface area contributed by atoms with Crippen LogP contribution in [-0.2, 0) is 9.59 Å². The summed E-state index contributed by atoms with van der Waals surface area (Å²) in [5, 5.41) is 8.68. The van der Waals surface area contributed by atoms with Gasteiger partial charge in [0, 0.05) is 16.1 Å². The van der Waals surface area contributed by atoms with Crippen molar-refractivity contribution in [2.24, 2.45) is 0 Å². The minimum absolute atomic E-state index is 0.103. The van der Waals surface area contributed by atoms with Gasteiger partial charge in [0.1, 0.15) is 11.4 Å². The number of rotatable bonds is 12. The van der Waals surface area contributed by atoms with E-state index in [0.717, 1.165) is 26.4 Å². The first kappa shape index (κ1) is 33.4. The van der Waals surface area contributed by atoms with Gasteiger partial charge in [-0.2, -0.15) is 0 Å². The minimum atomic E-state index is -0.474. The van der Waals surface area contributed by atoms with E-state index in [0.29, 0.717) is 28.9 Å². The molecule has 0 aliphatic heterocycles. The van der Waals surface area contributed by atoms with E-state index in [2.05, 4.69) is 34.8 Å². The number of hydrogen-bond acceptors (Lipinski definition) is 7. The van der Waals surface area contributed by atoms with Crippen LogP contribution in [0.2, 0.25) is 0 Å². The molecule has 5 aromatic rings. The van der Waals surface area contributed by atoms with Crippen LogP contribution in [0.3, 0.4) is 0 Å². The molecule has 3 amide bonds. The first-order chi connectivity index (χ1) is 22.7. The quantitative estimate of drug-likeness (QED) is 0.0914. The Labute approximate surface area is 282 Å². The summed E-state index contributed by atoms with van der Waals surface area (Å²) >= 11 is 2.75. The van der Waals surface area contributed by atoms with E-state index in [1.807, 2.05) is 74.5 Å². The number of thioether (sulfide) groups is 1. The molecule has 1 aromatic heterocycles. The number of anilines is 2. The molecule has 1 unspecified atom stereocenters. The van der Waals surface area contributed by atoms with E-state index in [1.54, 1.807) is 42.5 Å². The fourth-order valence-corrected chi connectivity index (χ4v) is 6.43. The molecular formula is C37H36N4O4S2. The van der Waals surface area contributed by atoms with Crippen molar-refractivity contribution in [3.05, 3.63) is 119 Å². The number of fused-ring (bicyclic) bond motifs is 1. The van der Waals surface area contributed by atoms with Crippen molar-refractivity contribution in [2.45, 2.75) is 43.8 Å². The van der Waals surface area contributed by atoms with Crippen LogP contribution < -0.4 is 20.7 Å². The lowest BCUT2D eigenvalue weighted by Crippen LogP contribution is -2.30. The number of benzene rings is 4. The maximum absolute atomic E-state index is 13.6. The number of carbonyl (C=O) groups excluding carboxylic acids is 3. The lowest BCUT2D eigenvalue weighted by molar-refractivity contribution is -0.115. The van der Waals surface area contributed by atoms with Gasteiger partial charge in [-0.05, 0) is 85.5 Å². The highest BCUT2D eigenvalue weighted by molar-refractivity contribution is 8.00. The van der Waals surface area contributed by atoms with Crippen LogP contribution in [0, 0.1) is 0 Å². The maximum Gasteiger partial charge on any atom is 0.272 e. The Balaban J connectivity index is 1.27. The fraction of sp³-hybridized carbons (Fsp3) is 0.189. The number of carbonyl (C=O) groups is 3. The van der Waals surface area contributed by atoms with Crippen molar-refractivity contribution in [1.29, 1.82) is 0 Å². The van der Waals surface area contributed by atoms with Gasteiger partial charge in [-0.15, -0.1) is 11.8 Å². The fourth-order valence-electron chi connectivity index (χ4n) is 4.61. The van der Waals surface area contributed by atoms with Crippen molar-refractivity contribution >= 4 is 67.9 Å². The van der Waals surface area contributed by atoms with Crippen LogP contribution in [0.25, 0.3) is 16.3 Å². The average Bonchev–Trinajstić information content (AvgIpc) is 3.46. The standard InChI is InChI=1S/C37H36N4O4S2/c1-5-45-29-18-19-31-33(22-29)47-37(40-31)41-34(42)24(4)46-30-13-9-12-28(21-30)38-36(44)32(39-35(43)27-10-7-6-8-11-27)20-25-14-16-26(17-15-25)23(2)3/h6-24H,5H2,1-4H3,(H,38,44)(H,39,43)(H,40,41,42)/b32-20+. The predicted molar refractivity (Wildman–Crippen MR) is 192 cm³/mol. The first-order valence-corrected chi connectivity index (χ1v) is 17.0. The molecule has 47 heavy (non-hydrogen) atoms. The summed E-state index contributed by atoms with van der Waals surface area (Å²) in [4.78, 5) is 45.0. The Kier molecular flexibility index (Phi) is 11.1. The number of hydrogen-bond donors (Lipinski definition) is 3. The molecule has 0 radical (unpaired) electrons. The predicted octanol–water partition coefficient (Wildman–Crippen LogP) is 8.35. The highest BCUT2D eigenvalue weighted by atomic mass is 32.2. The number of nitrogens with one attached hydrogen (secondary N) is 3. The van der Waals surface area contributed by atoms with Gasteiger partial charge in [0.2, 0.25) is 5.91 Å². The summed E-state index contributed by atoms with van der Waals surface area (Å²) in [6.45, 7) is 8.55. The molecule has 240 valence electrons. The van der Waals surface area contributed by atoms with Crippen LogP contribution in [0.1, 0.15) is 55.1 Å². The van der Waals surface area contributed by atoms with Gasteiger partial charge in [-0.25, -0.2) is 4.98 Å². The number of aromatic nitrogens is 1. The van der Waals surface area contributed by atoms with Gasteiger partial charge >= 0.3 is 0 Å². The Bertz CT molecular complexity index is 1900. The molecule has 10 heteroatoms.